The molecule has 1 atom stereocenters. The standard InChI is InChI=1S/C21H25NO5/c1-2-9-19-18(8-1)24-15-17(26-19)14-22-11-5-12-23-20-10-3-6-16-7-4-13-25-27-21(16)20/h1-3,6,8-10,17,22H,4-5,7,11-15H2. The molecule has 0 saturated heterocycles. The van der Waals surface area contributed by atoms with E-state index in [9.17, 15) is 0 Å². The van der Waals surface area contributed by atoms with Gasteiger partial charge in [0.05, 0.1) is 13.2 Å². The van der Waals surface area contributed by atoms with Crippen LogP contribution in [0.25, 0.3) is 0 Å². The first-order chi connectivity index (χ1) is 13.4. The molecule has 6 heteroatoms. The lowest BCUT2D eigenvalue weighted by Gasteiger charge is -2.26. The molecule has 0 aromatic heterocycles. The van der Waals surface area contributed by atoms with Crippen LogP contribution in [0.15, 0.2) is 42.5 Å². The summed E-state index contributed by atoms with van der Waals surface area (Å²) in [5.74, 6) is 3.09. The van der Waals surface area contributed by atoms with Gasteiger partial charge in [-0.2, -0.15) is 4.89 Å². The Morgan fingerprint density at radius 2 is 2.00 bits per heavy atom. The fourth-order valence-electron chi connectivity index (χ4n) is 3.19. The van der Waals surface area contributed by atoms with Crippen LogP contribution < -0.4 is 24.4 Å². The van der Waals surface area contributed by atoms with Crippen LogP contribution in [0, 0.1) is 0 Å². The van der Waals surface area contributed by atoms with E-state index in [1.807, 2.05) is 36.4 Å². The lowest BCUT2D eigenvalue weighted by atomic mass is 10.1. The molecule has 1 N–H and O–H groups in total. The summed E-state index contributed by atoms with van der Waals surface area (Å²) in [6, 6.07) is 13.7. The Morgan fingerprint density at radius 1 is 1.07 bits per heavy atom. The van der Waals surface area contributed by atoms with E-state index in [0.717, 1.165) is 60.9 Å². The predicted octanol–water partition coefficient (Wildman–Crippen LogP) is 3.14. The van der Waals surface area contributed by atoms with E-state index < -0.39 is 0 Å². The van der Waals surface area contributed by atoms with Gasteiger partial charge in [-0.15, -0.1) is 0 Å². The third-order valence-corrected chi connectivity index (χ3v) is 4.57. The fourth-order valence-corrected chi connectivity index (χ4v) is 3.19. The molecular formula is C21H25NO5. The summed E-state index contributed by atoms with van der Waals surface area (Å²) >= 11 is 0. The van der Waals surface area contributed by atoms with E-state index in [0.29, 0.717) is 19.8 Å². The van der Waals surface area contributed by atoms with Gasteiger partial charge in [0.25, 0.3) is 0 Å². The minimum atomic E-state index is 0.0243. The van der Waals surface area contributed by atoms with Crippen LogP contribution >= 0.6 is 0 Å². The Morgan fingerprint density at radius 3 is 2.96 bits per heavy atom. The summed E-state index contributed by atoms with van der Waals surface area (Å²) in [5, 5.41) is 3.40. The second-order valence-corrected chi connectivity index (χ2v) is 6.66. The summed E-state index contributed by atoms with van der Waals surface area (Å²) in [4.78, 5) is 10.6. The van der Waals surface area contributed by atoms with Crippen molar-refractivity contribution in [2.24, 2.45) is 0 Å². The lowest BCUT2D eigenvalue weighted by molar-refractivity contribution is -0.204. The van der Waals surface area contributed by atoms with E-state index in [1.165, 1.54) is 0 Å². The number of rotatable bonds is 7. The van der Waals surface area contributed by atoms with E-state index in [-0.39, 0.29) is 6.10 Å². The lowest BCUT2D eigenvalue weighted by Crippen LogP contribution is -2.39. The number of ether oxygens (including phenoxy) is 3. The molecule has 2 aromatic carbocycles. The maximum Gasteiger partial charge on any atom is 0.210 e. The van der Waals surface area contributed by atoms with E-state index in [2.05, 4.69) is 11.4 Å². The molecule has 4 rings (SSSR count). The molecule has 144 valence electrons. The Hall–Kier alpha value is -2.44. The van der Waals surface area contributed by atoms with Gasteiger partial charge in [-0.25, -0.2) is 0 Å². The maximum absolute atomic E-state index is 5.93. The Labute approximate surface area is 159 Å². The van der Waals surface area contributed by atoms with E-state index in [1.54, 1.807) is 0 Å². The van der Waals surface area contributed by atoms with Crippen molar-refractivity contribution in [2.45, 2.75) is 25.4 Å². The molecule has 0 bridgehead atoms. The molecule has 6 nitrogen and oxygen atoms in total. The summed E-state index contributed by atoms with van der Waals surface area (Å²) in [7, 11) is 0. The first kappa shape index (κ1) is 17.9. The van der Waals surface area contributed by atoms with Crippen molar-refractivity contribution < 1.29 is 24.0 Å². The van der Waals surface area contributed by atoms with Crippen LogP contribution in [-0.2, 0) is 11.3 Å². The molecule has 0 fully saturated rings. The molecule has 0 radical (unpaired) electrons. The van der Waals surface area contributed by atoms with Gasteiger partial charge in [0.15, 0.2) is 17.2 Å². The smallest absolute Gasteiger partial charge is 0.210 e. The molecule has 0 spiro atoms. The van der Waals surface area contributed by atoms with Crippen molar-refractivity contribution >= 4 is 0 Å². The van der Waals surface area contributed by atoms with Crippen LogP contribution in [0.4, 0.5) is 0 Å². The van der Waals surface area contributed by atoms with Crippen LogP contribution in [0.3, 0.4) is 0 Å². The van der Waals surface area contributed by atoms with Crippen molar-refractivity contribution in [1.82, 2.24) is 5.32 Å². The number of hydrogen-bond donors (Lipinski definition) is 1. The molecule has 2 heterocycles. The van der Waals surface area contributed by atoms with Crippen LogP contribution in [-0.4, -0.2) is 39.0 Å². The highest BCUT2D eigenvalue weighted by atomic mass is 17.2. The van der Waals surface area contributed by atoms with Gasteiger partial charge in [0.1, 0.15) is 12.7 Å². The predicted molar refractivity (Wildman–Crippen MR) is 101 cm³/mol. The molecule has 2 aliphatic rings. The van der Waals surface area contributed by atoms with Crippen molar-refractivity contribution in [1.29, 1.82) is 0 Å². The number of nitrogens with one attached hydrogen (secondary N) is 1. The second kappa shape index (κ2) is 8.97. The molecule has 1 unspecified atom stereocenters. The van der Waals surface area contributed by atoms with Gasteiger partial charge in [0, 0.05) is 12.1 Å². The molecular weight excluding hydrogens is 346 g/mol. The molecule has 2 aromatic rings. The number of para-hydroxylation sites is 3. The zero-order valence-corrected chi connectivity index (χ0v) is 15.3. The van der Waals surface area contributed by atoms with E-state index >= 15 is 0 Å². The molecule has 0 amide bonds. The molecule has 27 heavy (non-hydrogen) atoms. The quantitative estimate of drug-likeness (QED) is 0.596. The summed E-state index contributed by atoms with van der Waals surface area (Å²) in [6.45, 7) is 3.36. The Kier molecular flexibility index (Phi) is 5.96. The minimum absolute atomic E-state index is 0.0243. The van der Waals surface area contributed by atoms with Crippen molar-refractivity contribution in [3.8, 4) is 23.0 Å². The van der Waals surface area contributed by atoms with Crippen LogP contribution in [0.1, 0.15) is 18.4 Å². The van der Waals surface area contributed by atoms with Crippen molar-refractivity contribution in [2.75, 3.05) is 32.9 Å². The van der Waals surface area contributed by atoms with E-state index in [4.69, 9.17) is 24.0 Å². The molecule has 2 aliphatic heterocycles. The number of fused-ring (bicyclic) bond motifs is 2. The highest BCUT2D eigenvalue weighted by molar-refractivity contribution is 5.46. The summed E-state index contributed by atoms with van der Waals surface area (Å²) in [5.41, 5.74) is 1.14. The van der Waals surface area contributed by atoms with Gasteiger partial charge in [-0.1, -0.05) is 24.3 Å². The van der Waals surface area contributed by atoms with Gasteiger partial charge in [-0.05, 0) is 44.0 Å². The first-order valence-electron chi connectivity index (χ1n) is 9.53. The fraction of sp³-hybridized carbons (Fsp3) is 0.429. The van der Waals surface area contributed by atoms with Crippen molar-refractivity contribution in [3.63, 3.8) is 0 Å². The molecule has 0 saturated carbocycles. The number of aryl methyl sites for hydroxylation is 1. The number of hydrogen-bond acceptors (Lipinski definition) is 6. The maximum atomic E-state index is 5.93. The highest BCUT2D eigenvalue weighted by Gasteiger charge is 2.20. The van der Waals surface area contributed by atoms with Gasteiger partial charge < -0.3 is 24.4 Å². The topological polar surface area (TPSA) is 58.2 Å². The highest BCUT2D eigenvalue weighted by Crippen LogP contribution is 2.34. The van der Waals surface area contributed by atoms with Crippen molar-refractivity contribution in [3.05, 3.63) is 48.0 Å². The zero-order valence-electron chi connectivity index (χ0n) is 15.3. The van der Waals surface area contributed by atoms with Gasteiger partial charge in [0.2, 0.25) is 5.75 Å². The monoisotopic (exact) mass is 371 g/mol. The second-order valence-electron chi connectivity index (χ2n) is 6.66. The Balaban J connectivity index is 1.17. The van der Waals surface area contributed by atoms with Gasteiger partial charge >= 0.3 is 0 Å². The normalized spacial score (nSPS) is 18.1. The first-order valence-corrected chi connectivity index (χ1v) is 9.53. The third-order valence-electron chi connectivity index (χ3n) is 4.57. The minimum Gasteiger partial charge on any atom is -0.489 e. The Bertz CT molecular complexity index is 751. The average Bonchev–Trinajstić information content (AvgIpc) is 2.96. The summed E-state index contributed by atoms with van der Waals surface area (Å²) < 4.78 is 17.5. The molecule has 0 aliphatic carbocycles. The largest absolute Gasteiger partial charge is 0.489 e. The third kappa shape index (κ3) is 4.64. The van der Waals surface area contributed by atoms with Crippen LogP contribution in [0.2, 0.25) is 0 Å². The summed E-state index contributed by atoms with van der Waals surface area (Å²) in [6.07, 6.45) is 2.81. The SMILES string of the molecule is c1ccc2c(c1)OCC(CNCCCOc1cccc3c1OOCCC3)O2. The zero-order chi connectivity index (χ0) is 18.3. The van der Waals surface area contributed by atoms with Crippen LogP contribution in [0.5, 0.6) is 23.0 Å². The average molecular weight is 371 g/mol. The number of benzene rings is 2. The van der Waals surface area contributed by atoms with Gasteiger partial charge in [-0.3, -0.25) is 0 Å².